The second-order valence-electron chi connectivity index (χ2n) is 5.15. The fraction of sp³-hybridized carbons (Fsp3) is 0.533. The summed E-state index contributed by atoms with van der Waals surface area (Å²) in [6.07, 6.45) is 6.52. The van der Waals surface area contributed by atoms with Gasteiger partial charge in [0.1, 0.15) is 0 Å². The van der Waals surface area contributed by atoms with E-state index in [4.69, 9.17) is 0 Å². The first-order chi connectivity index (χ1) is 8.36. The number of piperidine rings is 1. The molecule has 1 amide bonds. The van der Waals surface area contributed by atoms with E-state index in [-0.39, 0.29) is 0 Å². The molecule has 2 heteroatoms. The first kappa shape index (κ1) is 10.8. The Morgan fingerprint density at radius 3 is 2.82 bits per heavy atom. The highest BCUT2D eigenvalue weighted by molar-refractivity contribution is 5.77. The van der Waals surface area contributed by atoms with E-state index in [1.807, 2.05) is 0 Å². The number of hydrogen-bond acceptors (Lipinski definition) is 1. The monoisotopic (exact) mass is 229 g/mol. The first-order valence-electron chi connectivity index (χ1n) is 6.73. The molecule has 1 aliphatic carbocycles. The standard InChI is InChI=1S/C15H19NO/c17-15-10-3-4-11-16(15)14-9-5-7-12-6-1-2-8-13(12)14/h1-2,6,8,14H,3-5,7,9-11H2. The Labute approximate surface area is 103 Å². The number of carbonyl (C=O) groups is 1. The third-order valence-corrected chi connectivity index (χ3v) is 4.07. The molecule has 1 aromatic carbocycles. The third kappa shape index (κ3) is 1.97. The number of benzene rings is 1. The van der Waals surface area contributed by atoms with Crippen LogP contribution in [0.3, 0.4) is 0 Å². The number of hydrogen-bond donors (Lipinski definition) is 0. The summed E-state index contributed by atoms with van der Waals surface area (Å²) in [7, 11) is 0. The van der Waals surface area contributed by atoms with Gasteiger partial charge in [0.2, 0.25) is 5.91 Å². The van der Waals surface area contributed by atoms with Gasteiger partial charge in [-0.2, -0.15) is 0 Å². The quantitative estimate of drug-likeness (QED) is 0.724. The summed E-state index contributed by atoms with van der Waals surface area (Å²) in [4.78, 5) is 14.2. The number of likely N-dealkylation sites (tertiary alicyclic amines) is 1. The number of nitrogens with zero attached hydrogens (tertiary/aromatic N) is 1. The van der Waals surface area contributed by atoms with Crippen molar-refractivity contribution < 1.29 is 4.79 Å². The van der Waals surface area contributed by atoms with Crippen LogP contribution in [0.25, 0.3) is 0 Å². The highest BCUT2D eigenvalue weighted by Gasteiger charge is 2.30. The minimum Gasteiger partial charge on any atom is -0.336 e. The van der Waals surface area contributed by atoms with Crippen LogP contribution >= 0.6 is 0 Å². The van der Waals surface area contributed by atoms with Crippen molar-refractivity contribution in [2.75, 3.05) is 6.54 Å². The predicted octanol–water partition coefficient (Wildman–Crippen LogP) is 3.08. The lowest BCUT2D eigenvalue weighted by molar-refractivity contribution is -0.136. The molecule has 1 saturated heterocycles. The Kier molecular flexibility index (Phi) is 2.87. The molecule has 0 aromatic heterocycles. The summed E-state index contributed by atoms with van der Waals surface area (Å²) in [6.45, 7) is 0.956. The zero-order valence-corrected chi connectivity index (χ0v) is 10.2. The molecule has 1 heterocycles. The maximum atomic E-state index is 12.0. The molecular formula is C15H19NO. The number of rotatable bonds is 1. The number of carbonyl (C=O) groups excluding carboxylic acids is 1. The van der Waals surface area contributed by atoms with Crippen LogP contribution in [0.1, 0.15) is 49.3 Å². The molecule has 0 N–H and O–H groups in total. The van der Waals surface area contributed by atoms with Crippen molar-refractivity contribution in [2.45, 2.75) is 44.6 Å². The van der Waals surface area contributed by atoms with E-state index in [1.54, 1.807) is 0 Å². The summed E-state index contributed by atoms with van der Waals surface area (Å²) in [5.41, 5.74) is 2.84. The van der Waals surface area contributed by atoms with E-state index in [2.05, 4.69) is 29.2 Å². The normalized spacial score (nSPS) is 24.6. The van der Waals surface area contributed by atoms with Crippen molar-refractivity contribution in [1.29, 1.82) is 0 Å². The van der Waals surface area contributed by atoms with Gasteiger partial charge in [0, 0.05) is 13.0 Å². The Balaban J connectivity index is 1.91. The van der Waals surface area contributed by atoms with Crippen LogP contribution in [0.2, 0.25) is 0 Å². The zero-order chi connectivity index (χ0) is 11.7. The molecule has 1 aromatic rings. The molecular weight excluding hydrogens is 210 g/mol. The van der Waals surface area contributed by atoms with Gasteiger partial charge in [-0.1, -0.05) is 24.3 Å². The summed E-state index contributed by atoms with van der Waals surface area (Å²) < 4.78 is 0. The predicted molar refractivity (Wildman–Crippen MR) is 67.7 cm³/mol. The zero-order valence-electron chi connectivity index (χ0n) is 10.2. The van der Waals surface area contributed by atoms with Crippen molar-refractivity contribution in [3.8, 4) is 0 Å². The fourth-order valence-electron chi connectivity index (χ4n) is 3.21. The Bertz CT molecular complexity index is 427. The van der Waals surface area contributed by atoms with E-state index in [0.717, 1.165) is 25.8 Å². The number of fused-ring (bicyclic) bond motifs is 1. The Morgan fingerprint density at radius 2 is 1.94 bits per heavy atom. The van der Waals surface area contributed by atoms with Crippen LogP contribution in [0.4, 0.5) is 0 Å². The third-order valence-electron chi connectivity index (χ3n) is 4.07. The van der Waals surface area contributed by atoms with Crippen LogP contribution in [-0.2, 0) is 11.2 Å². The molecule has 1 unspecified atom stereocenters. The molecule has 90 valence electrons. The van der Waals surface area contributed by atoms with Gasteiger partial charge in [0.05, 0.1) is 6.04 Å². The summed E-state index contributed by atoms with van der Waals surface area (Å²) in [5, 5.41) is 0. The van der Waals surface area contributed by atoms with Gasteiger partial charge in [-0.15, -0.1) is 0 Å². The molecule has 3 rings (SSSR count). The Morgan fingerprint density at radius 1 is 1.06 bits per heavy atom. The van der Waals surface area contributed by atoms with Crippen molar-refractivity contribution in [3.05, 3.63) is 35.4 Å². The minimum absolute atomic E-state index is 0.354. The average Bonchev–Trinajstić information content (AvgIpc) is 2.39. The van der Waals surface area contributed by atoms with E-state index in [9.17, 15) is 4.79 Å². The van der Waals surface area contributed by atoms with Crippen molar-refractivity contribution in [2.24, 2.45) is 0 Å². The van der Waals surface area contributed by atoms with Gasteiger partial charge in [0.25, 0.3) is 0 Å². The second-order valence-corrected chi connectivity index (χ2v) is 5.15. The summed E-state index contributed by atoms with van der Waals surface area (Å²) in [5.74, 6) is 0.359. The summed E-state index contributed by atoms with van der Waals surface area (Å²) >= 11 is 0. The molecule has 0 bridgehead atoms. The van der Waals surface area contributed by atoms with E-state index < -0.39 is 0 Å². The SMILES string of the molecule is O=C1CCCCN1C1CCCc2ccccc21. The molecule has 0 radical (unpaired) electrons. The first-order valence-corrected chi connectivity index (χ1v) is 6.73. The molecule has 2 aliphatic rings. The van der Waals surface area contributed by atoms with Crippen LogP contribution < -0.4 is 0 Å². The molecule has 0 saturated carbocycles. The van der Waals surface area contributed by atoms with Crippen molar-refractivity contribution in [3.63, 3.8) is 0 Å². The summed E-state index contributed by atoms with van der Waals surface area (Å²) in [6, 6.07) is 9.00. The van der Waals surface area contributed by atoms with Crippen LogP contribution in [0, 0.1) is 0 Å². The maximum Gasteiger partial charge on any atom is 0.223 e. The minimum atomic E-state index is 0.354. The lowest BCUT2D eigenvalue weighted by Crippen LogP contribution is -2.39. The van der Waals surface area contributed by atoms with E-state index in [1.165, 1.54) is 30.4 Å². The lowest BCUT2D eigenvalue weighted by atomic mass is 9.86. The van der Waals surface area contributed by atoms with Gasteiger partial charge in [-0.25, -0.2) is 0 Å². The van der Waals surface area contributed by atoms with E-state index >= 15 is 0 Å². The second kappa shape index (κ2) is 4.52. The van der Waals surface area contributed by atoms with Gasteiger partial charge in [0.15, 0.2) is 0 Å². The number of aryl methyl sites for hydroxylation is 1. The van der Waals surface area contributed by atoms with Gasteiger partial charge in [-0.3, -0.25) is 4.79 Å². The Hall–Kier alpha value is -1.31. The number of amides is 1. The van der Waals surface area contributed by atoms with Crippen LogP contribution in [0.5, 0.6) is 0 Å². The van der Waals surface area contributed by atoms with Crippen LogP contribution in [0.15, 0.2) is 24.3 Å². The molecule has 2 nitrogen and oxygen atoms in total. The van der Waals surface area contributed by atoms with Gasteiger partial charge in [-0.05, 0) is 43.2 Å². The largest absolute Gasteiger partial charge is 0.336 e. The highest BCUT2D eigenvalue weighted by Crippen LogP contribution is 2.35. The lowest BCUT2D eigenvalue weighted by Gasteiger charge is -2.38. The van der Waals surface area contributed by atoms with Crippen molar-refractivity contribution >= 4 is 5.91 Å². The molecule has 1 fully saturated rings. The smallest absolute Gasteiger partial charge is 0.223 e. The highest BCUT2D eigenvalue weighted by atomic mass is 16.2. The maximum absolute atomic E-state index is 12.0. The molecule has 17 heavy (non-hydrogen) atoms. The van der Waals surface area contributed by atoms with Gasteiger partial charge < -0.3 is 4.90 Å². The molecule has 0 spiro atoms. The fourth-order valence-corrected chi connectivity index (χ4v) is 3.21. The van der Waals surface area contributed by atoms with Crippen molar-refractivity contribution in [1.82, 2.24) is 4.90 Å². The van der Waals surface area contributed by atoms with Gasteiger partial charge >= 0.3 is 0 Å². The van der Waals surface area contributed by atoms with E-state index in [0.29, 0.717) is 11.9 Å². The average molecular weight is 229 g/mol. The molecule has 1 aliphatic heterocycles. The topological polar surface area (TPSA) is 20.3 Å². The molecule has 1 atom stereocenters. The van der Waals surface area contributed by atoms with Crippen LogP contribution in [-0.4, -0.2) is 17.4 Å².